The summed E-state index contributed by atoms with van der Waals surface area (Å²) in [5.41, 5.74) is -0.0230. The Morgan fingerprint density at radius 3 is 2.43 bits per heavy atom. The maximum atomic E-state index is 12.3. The van der Waals surface area contributed by atoms with Gasteiger partial charge in [-0.25, -0.2) is 4.79 Å². The van der Waals surface area contributed by atoms with Crippen molar-refractivity contribution in [2.45, 2.75) is 59.7 Å². The number of aryl methyl sites for hydroxylation is 1. The number of ether oxygens (including phenoxy) is 1. The van der Waals surface area contributed by atoms with Gasteiger partial charge >= 0.3 is 5.97 Å². The van der Waals surface area contributed by atoms with Crippen LogP contribution in [0.1, 0.15) is 52.0 Å². The molecule has 1 aromatic rings. The first-order chi connectivity index (χ1) is 9.65. The van der Waals surface area contributed by atoms with E-state index in [0.29, 0.717) is 12.2 Å². The minimum Gasteiger partial charge on any atom is -0.458 e. The van der Waals surface area contributed by atoms with Crippen LogP contribution in [-0.2, 0) is 16.1 Å². The van der Waals surface area contributed by atoms with E-state index in [2.05, 4.69) is 5.32 Å². The summed E-state index contributed by atoms with van der Waals surface area (Å²) in [6.45, 7) is 11.9. The van der Waals surface area contributed by atoms with Gasteiger partial charge in [-0.3, -0.25) is 4.79 Å². The third kappa shape index (κ3) is 4.92. The maximum Gasteiger partial charge on any atom is 0.329 e. The molecule has 0 fully saturated rings. The Bertz CT molecular complexity index is 498. The molecule has 0 radical (unpaired) electrons. The summed E-state index contributed by atoms with van der Waals surface area (Å²) in [7, 11) is 0. The van der Waals surface area contributed by atoms with Gasteiger partial charge in [-0.1, -0.05) is 13.8 Å². The molecule has 118 valence electrons. The molecule has 21 heavy (non-hydrogen) atoms. The van der Waals surface area contributed by atoms with Crippen LogP contribution in [0.2, 0.25) is 0 Å². The summed E-state index contributed by atoms with van der Waals surface area (Å²) in [6, 6.07) is 2.90. The minimum absolute atomic E-state index is 0.0474. The summed E-state index contributed by atoms with van der Waals surface area (Å²) in [5.74, 6) is -0.708. The highest BCUT2D eigenvalue weighted by Gasteiger charge is 2.29. The predicted molar refractivity (Wildman–Crippen MR) is 82.0 cm³/mol. The van der Waals surface area contributed by atoms with Crippen molar-refractivity contribution in [3.05, 3.63) is 24.0 Å². The number of nitrogens with zero attached hydrogens (tertiary/aromatic N) is 1. The Kier molecular flexibility index (Phi) is 5.58. The smallest absolute Gasteiger partial charge is 0.329 e. The third-order valence-corrected chi connectivity index (χ3v) is 3.02. The molecule has 0 aliphatic heterocycles. The Morgan fingerprint density at radius 2 is 1.95 bits per heavy atom. The number of hydrogen-bond acceptors (Lipinski definition) is 3. The summed E-state index contributed by atoms with van der Waals surface area (Å²) in [6.07, 6.45) is 1.84. The number of nitrogens with one attached hydrogen (secondary N) is 1. The quantitative estimate of drug-likeness (QED) is 0.849. The molecule has 0 saturated carbocycles. The summed E-state index contributed by atoms with van der Waals surface area (Å²) >= 11 is 0. The molecule has 0 aromatic carbocycles. The van der Waals surface area contributed by atoms with Gasteiger partial charge < -0.3 is 14.6 Å². The topological polar surface area (TPSA) is 60.3 Å². The second-order valence-electron chi connectivity index (χ2n) is 6.41. The van der Waals surface area contributed by atoms with Crippen molar-refractivity contribution in [2.75, 3.05) is 0 Å². The monoisotopic (exact) mass is 294 g/mol. The van der Waals surface area contributed by atoms with Gasteiger partial charge in [-0.05, 0) is 45.7 Å². The van der Waals surface area contributed by atoms with E-state index in [0.717, 1.165) is 0 Å². The fraction of sp³-hybridized carbons (Fsp3) is 0.625. The highest BCUT2D eigenvalue weighted by molar-refractivity contribution is 5.95. The van der Waals surface area contributed by atoms with E-state index in [1.165, 1.54) is 0 Å². The van der Waals surface area contributed by atoms with Crippen LogP contribution in [0.25, 0.3) is 0 Å². The molecule has 0 bridgehead atoms. The van der Waals surface area contributed by atoms with Crippen LogP contribution in [0.15, 0.2) is 18.3 Å². The van der Waals surface area contributed by atoms with Crippen LogP contribution in [0.3, 0.4) is 0 Å². The zero-order valence-corrected chi connectivity index (χ0v) is 13.8. The first-order valence-electron chi connectivity index (χ1n) is 7.34. The van der Waals surface area contributed by atoms with Gasteiger partial charge in [0.25, 0.3) is 5.91 Å². The van der Waals surface area contributed by atoms with Gasteiger partial charge in [0.05, 0.1) is 0 Å². The maximum absolute atomic E-state index is 12.3. The summed E-state index contributed by atoms with van der Waals surface area (Å²) < 4.78 is 7.21. The van der Waals surface area contributed by atoms with E-state index in [9.17, 15) is 9.59 Å². The molecule has 1 N–H and O–H groups in total. The van der Waals surface area contributed by atoms with Crippen LogP contribution in [0, 0.1) is 5.92 Å². The lowest BCUT2D eigenvalue weighted by atomic mass is 10.0. The van der Waals surface area contributed by atoms with Crippen molar-refractivity contribution in [3.63, 3.8) is 0 Å². The number of carbonyl (C=O) groups excluding carboxylic acids is 2. The van der Waals surface area contributed by atoms with Crippen molar-refractivity contribution >= 4 is 11.9 Å². The van der Waals surface area contributed by atoms with Gasteiger partial charge in [-0.2, -0.15) is 0 Å². The van der Waals surface area contributed by atoms with Crippen molar-refractivity contribution in [1.29, 1.82) is 0 Å². The van der Waals surface area contributed by atoms with Gasteiger partial charge in [-0.15, -0.1) is 0 Å². The highest BCUT2D eigenvalue weighted by Crippen LogP contribution is 2.13. The van der Waals surface area contributed by atoms with Gasteiger partial charge in [0.1, 0.15) is 17.3 Å². The van der Waals surface area contributed by atoms with Crippen LogP contribution in [0.5, 0.6) is 0 Å². The average Bonchev–Trinajstić information content (AvgIpc) is 2.81. The van der Waals surface area contributed by atoms with Crippen LogP contribution in [-0.4, -0.2) is 28.1 Å². The van der Waals surface area contributed by atoms with E-state index in [1.54, 1.807) is 6.07 Å². The van der Waals surface area contributed by atoms with Crippen molar-refractivity contribution in [3.8, 4) is 0 Å². The first kappa shape index (κ1) is 17.3. The largest absolute Gasteiger partial charge is 0.458 e. The van der Waals surface area contributed by atoms with Crippen molar-refractivity contribution < 1.29 is 14.3 Å². The van der Waals surface area contributed by atoms with E-state index >= 15 is 0 Å². The Labute approximate surface area is 126 Å². The van der Waals surface area contributed by atoms with E-state index in [4.69, 9.17) is 4.74 Å². The number of amides is 1. The van der Waals surface area contributed by atoms with Gasteiger partial charge in [0.15, 0.2) is 0 Å². The second kappa shape index (κ2) is 6.78. The molecule has 0 aliphatic carbocycles. The molecule has 0 spiro atoms. The number of carbonyl (C=O) groups is 2. The molecule has 1 aromatic heterocycles. The number of aromatic nitrogens is 1. The van der Waals surface area contributed by atoms with E-state index in [1.807, 2.05) is 58.4 Å². The predicted octanol–water partition coefficient (Wildman–Crippen LogP) is 2.60. The molecule has 0 aliphatic rings. The Morgan fingerprint density at radius 1 is 1.33 bits per heavy atom. The molecular weight excluding hydrogens is 268 g/mol. The molecule has 1 atom stereocenters. The second-order valence-corrected chi connectivity index (χ2v) is 6.41. The third-order valence-electron chi connectivity index (χ3n) is 3.02. The normalized spacial score (nSPS) is 13.1. The van der Waals surface area contributed by atoms with Crippen LogP contribution >= 0.6 is 0 Å². The Balaban J connectivity index is 2.84. The van der Waals surface area contributed by atoms with Gasteiger partial charge in [0, 0.05) is 12.7 Å². The number of rotatable bonds is 5. The van der Waals surface area contributed by atoms with Crippen LogP contribution in [0.4, 0.5) is 0 Å². The molecule has 5 heteroatoms. The summed E-state index contributed by atoms with van der Waals surface area (Å²) in [5, 5.41) is 2.78. The standard InChI is InChI=1S/C16H26N2O3/c1-7-18-10-8-9-12(18)14(19)17-13(11(2)3)15(20)21-16(4,5)6/h8-11,13H,7H2,1-6H3,(H,17,19)/t13-/m0/s1. The molecule has 1 rings (SSSR count). The zero-order valence-electron chi connectivity index (χ0n) is 13.8. The molecule has 1 heterocycles. The fourth-order valence-electron chi connectivity index (χ4n) is 1.97. The minimum atomic E-state index is -0.656. The number of esters is 1. The van der Waals surface area contributed by atoms with Crippen LogP contribution < -0.4 is 5.32 Å². The van der Waals surface area contributed by atoms with Crippen molar-refractivity contribution in [2.24, 2.45) is 5.92 Å². The molecule has 1 amide bonds. The highest BCUT2D eigenvalue weighted by atomic mass is 16.6. The first-order valence-corrected chi connectivity index (χ1v) is 7.34. The zero-order chi connectivity index (χ0) is 16.2. The number of hydrogen-bond donors (Lipinski definition) is 1. The molecule has 0 saturated heterocycles. The lowest BCUT2D eigenvalue weighted by Crippen LogP contribution is -2.47. The Hall–Kier alpha value is -1.78. The average molecular weight is 294 g/mol. The van der Waals surface area contributed by atoms with Crippen molar-refractivity contribution in [1.82, 2.24) is 9.88 Å². The molecule has 0 unspecified atom stereocenters. The molecule has 5 nitrogen and oxygen atoms in total. The molecular formula is C16H26N2O3. The van der Waals surface area contributed by atoms with Gasteiger partial charge in [0.2, 0.25) is 0 Å². The lowest BCUT2D eigenvalue weighted by Gasteiger charge is -2.26. The summed E-state index contributed by atoms with van der Waals surface area (Å²) in [4.78, 5) is 24.5. The fourth-order valence-corrected chi connectivity index (χ4v) is 1.97. The lowest BCUT2D eigenvalue weighted by molar-refractivity contribution is -0.158. The van der Waals surface area contributed by atoms with E-state index < -0.39 is 17.6 Å². The van der Waals surface area contributed by atoms with E-state index in [-0.39, 0.29) is 11.8 Å². The SMILES string of the molecule is CCn1cccc1C(=O)N[C@H](C(=O)OC(C)(C)C)C(C)C.